The van der Waals surface area contributed by atoms with Crippen LogP contribution in [-0.2, 0) is 11.3 Å². The van der Waals surface area contributed by atoms with Gasteiger partial charge in [-0.1, -0.05) is 24.8 Å². The van der Waals surface area contributed by atoms with E-state index in [1.165, 1.54) is 0 Å². The average Bonchev–Trinajstić information content (AvgIpc) is 2.54. The number of ether oxygens (including phenoxy) is 1. The Kier molecular flexibility index (Phi) is 4.36. The summed E-state index contributed by atoms with van der Waals surface area (Å²) < 4.78 is 7.12. The molecule has 2 heterocycles. The molecule has 0 radical (unpaired) electrons. The molecule has 1 aliphatic heterocycles. The second kappa shape index (κ2) is 6.42. The van der Waals surface area contributed by atoms with Crippen LogP contribution in [0.15, 0.2) is 35.6 Å². The van der Waals surface area contributed by atoms with Crippen molar-refractivity contribution in [2.24, 2.45) is 0 Å². The van der Waals surface area contributed by atoms with E-state index in [1.807, 2.05) is 31.2 Å². The minimum atomic E-state index is -0.204. The summed E-state index contributed by atoms with van der Waals surface area (Å²) in [5.41, 5.74) is 2.23. The molecule has 0 unspecified atom stereocenters. The summed E-state index contributed by atoms with van der Waals surface area (Å²) in [4.78, 5) is 18.9. The van der Waals surface area contributed by atoms with Crippen LogP contribution in [0, 0.1) is 0 Å². The molecule has 1 aliphatic rings. The van der Waals surface area contributed by atoms with E-state index in [-0.39, 0.29) is 5.69 Å². The van der Waals surface area contributed by atoms with E-state index < -0.39 is 0 Å². The summed E-state index contributed by atoms with van der Waals surface area (Å²) in [6, 6.07) is 7.89. The molecule has 1 aromatic carbocycles. The molecule has 3 rings (SSSR count). The van der Waals surface area contributed by atoms with Crippen molar-refractivity contribution < 1.29 is 4.74 Å². The van der Waals surface area contributed by atoms with E-state index >= 15 is 0 Å². The van der Waals surface area contributed by atoms with Gasteiger partial charge in [-0.2, -0.15) is 4.98 Å². The second-order valence-corrected chi connectivity index (χ2v) is 5.65. The number of benzene rings is 1. The highest BCUT2D eigenvalue weighted by Crippen LogP contribution is 2.20. The lowest BCUT2D eigenvalue weighted by Gasteiger charge is -2.26. The zero-order chi connectivity index (χ0) is 15.5. The van der Waals surface area contributed by atoms with E-state index in [2.05, 4.69) is 16.5 Å². The predicted molar refractivity (Wildman–Crippen MR) is 88.0 cm³/mol. The monoisotopic (exact) mass is 299 g/mol. The normalized spacial score (nSPS) is 16.0. The fraction of sp³-hybridized carbons (Fsp3) is 0.412. The number of fused-ring (bicyclic) bond motifs is 1. The predicted octanol–water partition coefficient (Wildman–Crippen LogP) is 1.76. The van der Waals surface area contributed by atoms with E-state index in [4.69, 9.17) is 4.74 Å². The summed E-state index contributed by atoms with van der Waals surface area (Å²) in [5, 5.41) is 0.983. The van der Waals surface area contributed by atoms with Gasteiger partial charge in [-0.25, -0.2) is 4.79 Å². The molecule has 2 aromatic rings. The topological polar surface area (TPSA) is 47.4 Å². The lowest BCUT2D eigenvalue weighted by Crippen LogP contribution is -2.39. The van der Waals surface area contributed by atoms with Gasteiger partial charge in [-0.15, -0.1) is 0 Å². The lowest BCUT2D eigenvalue weighted by atomic mass is 10.1. The Labute approximate surface area is 129 Å². The molecule has 116 valence electrons. The Morgan fingerprint density at radius 3 is 2.73 bits per heavy atom. The fourth-order valence-electron chi connectivity index (χ4n) is 2.84. The highest BCUT2D eigenvalue weighted by atomic mass is 16.5. The molecule has 0 saturated carbocycles. The largest absolute Gasteiger partial charge is 0.379 e. The quantitative estimate of drug-likeness (QED) is 0.863. The first-order chi connectivity index (χ1) is 10.7. The Hall–Kier alpha value is -1.98. The maximum absolute atomic E-state index is 12.4. The van der Waals surface area contributed by atoms with Crippen molar-refractivity contribution in [3.63, 3.8) is 0 Å². The molecule has 5 nitrogen and oxygen atoms in total. The molecule has 0 aliphatic carbocycles. The SMILES string of the molecule is C=C(C)c1nc(=O)n(CCN2CCOCC2)c2ccccc12. The van der Waals surface area contributed by atoms with Crippen molar-refractivity contribution in [2.75, 3.05) is 32.8 Å². The molecule has 0 bridgehead atoms. The molecular weight excluding hydrogens is 278 g/mol. The molecule has 0 N–H and O–H groups in total. The number of hydrogen-bond donors (Lipinski definition) is 0. The Balaban J connectivity index is 1.95. The van der Waals surface area contributed by atoms with Crippen LogP contribution in [0.1, 0.15) is 12.6 Å². The molecular formula is C17H21N3O2. The molecule has 0 spiro atoms. The van der Waals surface area contributed by atoms with Crippen LogP contribution in [0.5, 0.6) is 0 Å². The van der Waals surface area contributed by atoms with Gasteiger partial charge in [0.1, 0.15) is 0 Å². The minimum Gasteiger partial charge on any atom is -0.379 e. The summed E-state index contributed by atoms with van der Waals surface area (Å²) in [6.45, 7) is 10.7. The van der Waals surface area contributed by atoms with Crippen LogP contribution in [-0.4, -0.2) is 47.3 Å². The van der Waals surface area contributed by atoms with Gasteiger partial charge in [-0.3, -0.25) is 9.47 Å². The van der Waals surface area contributed by atoms with Gasteiger partial charge in [0.05, 0.1) is 24.4 Å². The van der Waals surface area contributed by atoms with E-state index in [1.54, 1.807) is 4.57 Å². The van der Waals surface area contributed by atoms with Gasteiger partial charge in [0.2, 0.25) is 0 Å². The third kappa shape index (κ3) is 2.96. The smallest absolute Gasteiger partial charge is 0.348 e. The summed E-state index contributed by atoms with van der Waals surface area (Å²) in [6.07, 6.45) is 0. The van der Waals surface area contributed by atoms with Crippen molar-refractivity contribution in [2.45, 2.75) is 13.5 Å². The maximum Gasteiger partial charge on any atom is 0.348 e. The summed E-state index contributed by atoms with van der Waals surface area (Å²) >= 11 is 0. The zero-order valence-electron chi connectivity index (χ0n) is 12.9. The van der Waals surface area contributed by atoms with Crippen molar-refractivity contribution in [3.05, 3.63) is 47.0 Å². The first kappa shape index (κ1) is 14.9. The van der Waals surface area contributed by atoms with E-state index in [0.717, 1.165) is 49.3 Å². The Morgan fingerprint density at radius 1 is 1.27 bits per heavy atom. The van der Waals surface area contributed by atoms with Gasteiger partial charge >= 0.3 is 5.69 Å². The molecule has 22 heavy (non-hydrogen) atoms. The number of allylic oxidation sites excluding steroid dienone is 1. The van der Waals surface area contributed by atoms with Gasteiger partial charge in [-0.05, 0) is 18.6 Å². The van der Waals surface area contributed by atoms with Gasteiger partial charge in [0.25, 0.3) is 0 Å². The number of morpholine rings is 1. The van der Waals surface area contributed by atoms with Crippen LogP contribution >= 0.6 is 0 Å². The summed E-state index contributed by atoms with van der Waals surface area (Å²) in [5.74, 6) is 0. The molecule has 1 aromatic heterocycles. The number of rotatable bonds is 4. The third-order valence-corrected chi connectivity index (χ3v) is 4.04. The molecule has 0 amide bonds. The van der Waals surface area contributed by atoms with Gasteiger partial charge in [0, 0.05) is 31.6 Å². The Morgan fingerprint density at radius 2 is 2.00 bits per heavy atom. The van der Waals surface area contributed by atoms with Crippen molar-refractivity contribution in [1.29, 1.82) is 0 Å². The number of aromatic nitrogens is 2. The van der Waals surface area contributed by atoms with Crippen LogP contribution in [0.4, 0.5) is 0 Å². The highest BCUT2D eigenvalue weighted by Gasteiger charge is 2.13. The van der Waals surface area contributed by atoms with Crippen LogP contribution in [0.25, 0.3) is 16.5 Å². The molecule has 1 saturated heterocycles. The van der Waals surface area contributed by atoms with Crippen molar-refractivity contribution in [3.8, 4) is 0 Å². The van der Waals surface area contributed by atoms with Crippen molar-refractivity contribution >= 4 is 16.5 Å². The molecule has 5 heteroatoms. The highest BCUT2D eigenvalue weighted by molar-refractivity contribution is 5.88. The average molecular weight is 299 g/mol. The maximum atomic E-state index is 12.4. The first-order valence-corrected chi connectivity index (χ1v) is 7.62. The van der Waals surface area contributed by atoms with E-state index in [9.17, 15) is 4.79 Å². The number of hydrogen-bond acceptors (Lipinski definition) is 4. The van der Waals surface area contributed by atoms with E-state index in [0.29, 0.717) is 12.2 Å². The first-order valence-electron chi connectivity index (χ1n) is 7.62. The van der Waals surface area contributed by atoms with Crippen LogP contribution < -0.4 is 5.69 Å². The summed E-state index contributed by atoms with van der Waals surface area (Å²) in [7, 11) is 0. The second-order valence-electron chi connectivity index (χ2n) is 5.65. The number of nitrogens with zero attached hydrogens (tertiary/aromatic N) is 3. The third-order valence-electron chi connectivity index (χ3n) is 4.04. The fourth-order valence-corrected chi connectivity index (χ4v) is 2.84. The van der Waals surface area contributed by atoms with Crippen LogP contribution in [0.2, 0.25) is 0 Å². The van der Waals surface area contributed by atoms with Crippen LogP contribution in [0.3, 0.4) is 0 Å². The van der Waals surface area contributed by atoms with Crippen molar-refractivity contribution in [1.82, 2.24) is 14.5 Å². The zero-order valence-corrected chi connectivity index (χ0v) is 12.9. The van der Waals surface area contributed by atoms with Gasteiger partial charge < -0.3 is 4.74 Å². The molecule has 0 atom stereocenters. The molecule has 1 fully saturated rings. The minimum absolute atomic E-state index is 0.204. The van der Waals surface area contributed by atoms with Gasteiger partial charge in [0.15, 0.2) is 0 Å². The Bertz CT molecular complexity index is 745. The lowest BCUT2D eigenvalue weighted by molar-refractivity contribution is 0.0364. The standard InChI is InChI=1S/C17H21N3O2/c1-13(2)16-14-5-3-4-6-15(14)20(17(21)18-16)8-7-19-9-11-22-12-10-19/h3-6H,1,7-12H2,2H3. The number of para-hydroxylation sites is 1.